The normalized spacial score (nSPS) is 26.1. The third-order valence-electron chi connectivity index (χ3n) is 3.54. The summed E-state index contributed by atoms with van der Waals surface area (Å²) in [4.78, 5) is 11.0. The number of allylic oxidation sites excluding steroid dienone is 1. The lowest BCUT2D eigenvalue weighted by Crippen LogP contribution is -2.02. The molecule has 2 unspecified atom stereocenters. The number of carboxylic acids is 1. The molecular formula is C14H15FO2. The third kappa shape index (κ3) is 2.23. The van der Waals surface area contributed by atoms with Crippen LogP contribution in [0.15, 0.2) is 30.3 Å². The first kappa shape index (κ1) is 11.8. The monoisotopic (exact) mass is 234 g/mol. The first-order valence-corrected chi connectivity index (χ1v) is 5.59. The summed E-state index contributed by atoms with van der Waals surface area (Å²) in [7, 11) is 0. The summed E-state index contributed by atoms with van der Waals surface area (Å²) in [5, 5.41) is 9.01. The molecule has 2 nitrogen and oxygen atoms in total. The summed E-state index contributed by atoms with van der Waals surface area (Å²) in [5.74, 6) is -1.26. The van der Waals surface area contributed by atoms with Gasteiger partial charge in [-0.1, -0.05) is 38.1 Å². The number of carbonyl (C=O) groups is 1. The second kappa shape index (κ2) is 3.99. The van der Waals surface area contributed by atoms with E-state index in [1.54, 1.807) is 12.1 Å². The smallest absolute Gasteiger partial charge is 0.307 e. The van der Waals surface area contributed by atoms with E-state index in [1.165, 1.54) is 12.1 Å². The standard InChI is InChI=1S/C14H15FO2/c1-14(2)11(12(14)13(16)17)8-5-9-3-6-10(15)7-4-9/h3-8,11-12H,1-2H3,(H,16,17)/b8-5+. The first-order valence-electron chi connectivity index (χ1n) is 5.59. The van der Waals surface area contributed by atoms with Crippen LogP contribution in [-0.2, 0) is 4.79 Å². The summed E-state index contributed by atoms with van der Waals surface area (Å²) in [5.41, 5.74) is 0.709. The van der Waals surface area contributed by atoms with Gasteiger partial charge in [0.1, 0.15) is 5.82 Å². The molecule has 1 aromatic rings. The van der Waals surface area contributed by atoms with E-state index in [9.17, 15) is 9.18 Å². The Balaban J connectivity index is 2.08. The molecule has 1 aliphatic carbocycles. The molecule has 2 atom stereocenters. The number of benzene rings is 1. The number of halogens is 1. The molecule has 0 amide bonds. The Hall–Kier alpha value is -1.64. The fraction of sp³-hybridized carbons (Fsp3) is 0.357. The van der Waals surface area contributed by atoms with E-state index in [4.69, 9.17) is 5.11 Å². The minimum Gasteiger partial charge on any atom is -0.481 e. The molecule has 0 aliphatic heterocycles. The Bertz CT molecular complexity index is 460. The lowest BCUT2D eigenvalue weighted by molar-refractivity contribution is -0.139. The SMILES string of the molecule is CC1(C)C(/C=C/c2ccc(F)cc2)C1C(=O)O. The van der Waals surface area contributed by atoms with Crippen molar-refractivity contribution in [1.29, 1.82) is 0 Å². The molecule has 0 radical (unpaired) electrons. The molecule has 1 aromatic carbocycles. The van der Waals surface area contributed by atoms with E-state index in [1.807, 2.05) is 26.0 Å². The van der Waals surface area contributed by atoms with Gasteiger partial charge in [0.05, 0.1) is 5.92 Å². The number of hydrogen-bond acceptors (Lipinski definition) is 1. The van der Waals surface area contributed by atoms with Crippen molar-refractivity contribution < 1.29 is 14.3 Å². The molecule has 0 spiro atoms. The van der Waals surface area contributed by atoms with Crippen LogP contribution in [0.3, 0.4) is 0 Å². The van der Waals surface area contributed by atoms with E-state index in [-0.39, 0.29) is 23.1 Å². The summed E-state index contributed by atoms with van der Waals surface area (Å²) in [6, 6.07) is 6.15. The molecule has 1 N–H and O–H groups in total. The molecule has 0 heterocycles. The molecule has 1 fully saturated rings. The van der Waals surface area contributed by atoms with Crippen LogP contribution >= 0.6 is 0 Å². The molecular weight excluding hydrogens is 219 g/mol. The lowest BCUT2D eigenvalue weighted by atomic mass is 10.1. The van der Waals surface area contributed by atoms with Gasteiger partial charge in [-0.25, -0.2) is 4.39 Å². The molecule has 3 heteroatoms. The van der Waals surface area contributed by atoms with Gasteiger partial charge in [-0.3, -0.25) is 4.79 Å². The van der Waals surface area contributed by atoms with Crippen molar-refractivity contribution in [3.05, 3.63) is 41.7 Å². The predicted molar refractivity (Wildman–Crippen MR) is 63.8 cm³/mol. The van der Waals surface area contributed by atoms with Crippen LogP contribution in [0.4, 0.5) is 4.39 Å². The number of rotatable bonds is 3. The highest BCUT2D eigenvalue weighted by Crippen LogP contribution is 2.59. The Kier molecular flexibility index (Phi) is 2.77. The number of aliphatic carboxylic acids is 1. The van der Waals surface area contributed by atoms with Gasteiger partial charge in [0.15, 0.2) is 0 Å². The van der Waals surface area contributed by atoms with Crippen molar-refractivity contribution in [3.63, 3.8) is 0 Å². The first-order chi connectivity index (χ1) is 7.93. The van der Waals surface area contributed by atoms with Crippen molar-refractivity contribution in [2.75, 3.05) is 0 Å². The van der Waals surface area contributed by atoms with Crippen molar-refractivity contribution in [2.24, 2.45) is 17.3 Å². The molecule has 0 saturated heterocycles. The van der Waals surface area contributed by atoms with Gasteiger partial charge in [-0.2, -0.15) is 0 Å². The van der Waals surface area contributed by atoms with Gasteiger partial charge >= 0.3 is 5.97 Å². The van der Waals surface area contributed by atoms with Crippen LogP contribution in [-0.4, -0.2) is 11.1 Å². The molecule has 0 aromatic heterocycles. The molecule has 1 saturated carbocycles. The molecule has 17 heavy (non-hydrogen) atoms. The second-order valence-corrected chi connectivity index (χ2v) is 5.07. The van der Waals surface area contributed by atoms with Gasteiger partial charge < -0.3 is 5.11 Å². The van der Waals surface area contributed by atoms with Crippen molar-refractivity contribution in [2.45, 2.75) is 13.8 Å². The van der Waals surface area contributed by atoms with Gasteiger partial charge in [0.25, 0.3) is 0 Å². The van der Waals surface area contributed by atoms with Crippen molar-refractivity contribution >= 4 is 12.0 Å². The highest BCUT2D eigenvalue weighted by atomic mass is 19.1. The van der Waals surface area contributed by atoms with E-state index in [2.05, 4.69) is 0 Å². The van der Waals surface area contributed by atoms with E-state index in [0.29, 0.717) is 0 Å². The summed E-state index contributed by atoms with van der Waals surface area (Å²) in [6.45, 7) is 3.90. The molecule has 1 aliphatic rings. The average Bonchev–Trinajstić information content (AvgIpc) is 2.80. The van der Waals surface area contributed by atoms with Crippen LogP contribution in [0.2, 0.25) is 0 Å². The molecule has 0 bridgehead atoms. The van der Waals surface area contributed by atoms with Crippen LogP contribution in [0.5, 0.6) is 0 Å². The van der Waals surface area contributed by atoms with Crippen molar-refractivity contribution in [1.82, 2.24) is 0 Å². The van der Waals surface area contributed by atoms with Crippen LogP contribution in [0.25, 0.3) is 6.08 Å². The summed E-state index contributed by atoms with van der Waals surface area (Å²) < 4.78 is 12.7. The largest absolute Gasteiger partial charge is 0.481 e. The summed E-state index contributed by atoms with van der Waals surface area (Å²) in [6.07, 6.45) is 3.76. The van der Waals surface area contributed by atoms with Crippen molar-refractivity contribution in [3.8, 4) is 0 Å². The Morgan fingerprint density at radius 3 is 2.41 bits per heavy atom. The highest BCUT2D eigenvalue weighted by Gasteiger charge is 2.60. The lowest BCUT2D eigenvalue weighted by Gasteiger charge is -1.97. The van der Waals surface area contributed by atoms with Crippen LogP contribution in [0.1, 0.15) is 19.4 Å². The molecule has 90 valence electrons. The number of carboxylic acid groups (broad SMARTS) is 1. The zero-order valence-electron chi connectivity index (χ0n) is 9.85. The third-order valence-corrected chi connectivity index (χ3v) is 3.54. The highest BCUT2D eigenvalue weighted by molar-refractivity contribution is 5.76. The fourth-order valence-corrected chi connectivity index (χ4v) is 2.30. The zero-order valence-corrected chi connectivity index (χ0v) is 9.85. The molecule has 2 rings (SSSR count). The van der Waals surface area contributed by atoms with Gasteiger partial charge in [0.2, 0.25) is 0 Å². The maximum absolute atomic E-state index is 12.7. The zero-order chi connectivity index (χ0) is 12.6. The quantitative estimate of drug-likeness (QED) is 0.872. The maximum Gasteiger partial charge on any atom is 0.307 e. The Labute approximate surface area is 99.8 Å². The fourth-order valence-electron chi connectivity index (χ4n) is 2.30. The average molecular weight is 234 g/mol. The minimum atomic E-state index is -0.747. The number of hydrogen-bond donors (Lipinski definition) is 1. The van der Waals surface area contributed by atoms with Gasteiger partial charge in [-0.15, -0.1) is 0 Å². The predicted octanol–water partition coefficient (Wildman–Crippen LogP) is 3.20. The summed E-state index contributed by atoms with van der Waals surface area (Å²) >= 11 is 0. The Morgan fingerprint density at radius 1 is 1.35 bits per heavy atom. The van der Waals surface area contributed by atoms with Crippen LogP contribution < -0.4 is 0 Å². The van der Waals surface area contributed by atoms with E-state index < -0.39 is 5.97 Å². The minimum absolute atomic E-state index is 0.0602. The topological polar surface area (TPSA) is 37.3 Å². The van der Waals surface area contributed by atoms with Gasteiger partial charge in [0, 0.05) is 0 Å². The maximum atomic E-state index is 12.7. The van der Waals surface area contributed by atoms with E-state index >= 15 is 0 Å². The van der Waals surface area contributed by atoms with Crippen LogP contribution in [0, 0.1) is 23.1 Å². The Morgan fingerprint density at radius 2 is 1.94 bits per heavy atom. The second-order valence-electron chi connectivity index (χ2n) is 5.07. The van der Waals surface area contributed by atoms with E-state index in [0.717, 1.165) is 5.56 Å². The van der Waals surface area contributed by atoms with Gasteiger partial charge in [-0.05, 0) is 29.0 Å².